The Morgan fingerprint density at radius 1 is 1.31 bits per heavy atom. The molecule has 0 saturated heterocycles. The fourth-order valence-corrected chi connectivity index (χ4v) is 2.10. The van der Waals surface area contributed by atoms with E-state index in [0.717, 1.165) is 10.7 Å². The van der Waals surface area contributed by atoms with Crippen LogP contribution in [0.5, 0.6) is 0 Å². The van der Waals surface area contributed by atoms with Crippen LogP contribution in [-0.4, -0.2) is 23.4 Å². The van der Waals surface area contributed by atoms with Crippen molar-refractivity contribution in [2.75, 3.05) is 6.26 Å². The Bertz CT molecular complexity index is 470. The van der Waals surface area contributed by atoms with Crippen LogP contribution in [0.2, 0.25) is 0 Å². The summed E-state index contributed by atoms with van der Waals surface area (Å²) >= 11 is 14.5. The monoisotopic (exact) mass is 346 g/mol. The zero-order valence-electron chi connectivity index (χ0n) is 8.19. The maximum absolute atomic E-state index is 11.3. The van der Waals surface area contributed by atoms with Crippen molar-refractivity contribution < 1.29 is 13.5 Å². The fourth-order valence-electron chi connectivity index (χ4n) is 1.04. The van der Waals surface area contributed by atoms with Crippen molar-refractivity contribution in [3.63, 3.8) is 0 Å². The Morgan fingerprint density at radius 3 is 2.12 bits per heavy atom. The van der Waals surface area contributed by atoms with E-state index in [2.05, 4.69) is 15.9 Å². The number of benzene rings is 1. The Balaban J connectivity index is 3.12. The van der Waals surface area contributed by atoms with Gasteiger partial charge in [-0.05, 0) is 17.7 Å². The van der Waals surface area contributed by atoms with Crippen LogP contribution in [0, 0.1) is 0 Å². The molecule has 0 unspecified atom stereocenters. The van der Waals surface area contributed by atoms with Crippen molar-refractivity contribution in [3.8, 4) is 0 Å². The lowest BCUT2D eigenvalue weighted by atomic mass is 10.1. The first-order chi connectivity index (χ1) is 7.16. The first kappa shape index (κ1) is 14.3. The number of rotatable bonds is 3. The molecule has 0 fully saturated rings. The van der Waals surface area contributed by atoms with Gasteiger partial charge in [0.15, 0.2) is 9.84 Å². The van der Waals surface area contributed by atoms with E-state index >= 15 is 0 Å². The number of alkyl halides is 2. The van der Waals surface area contributed by atoms with E-state index in [0.29, 0.717) is 5.56 Å². The predicted molar refractivity (Wildman–Crippen MR) is 68.4 cm³/mol. The minimum Gasteiger partial charge on any atom is -0.384 e. The van der Waals surface area contributed by atoms with Crippen molar-refractivity contribution >= 4 is 49.0 Å². The highest BCUT2D eigenvalue weighted by molar-refractivity contribution is 9.10. The first-order valence-electron chi connectivity index (χ1n) is 4.17. The van der Waals surface area contributed by atoms with Gasteiger partial charge in [0, 0.05) is 10.7 Å². The minimum atomic E-state index is -3.79. The second-order valence-corrected chi connectivity index (χ2v) is 8.23. The molecule has 0 heterocycles. The molecule has 1 atom stereocenters. The third-order valence-electron chi connectivity index (χ3n) is 2.00. The average Bonchev–Trinajstić information content (AvgIpc) is 2.16. The van der Waals surface area contributed by atoms with E-state index in [4.69, 9.17) is 23.2 Å². The SMILES string of the molecule is CS(=O)(=O)C(Cl)(Cl)[C@@H](O)c1ccc(Br)cc1. The summed E-state index contributed by atoms with van der Waals surface area (Å²) < 4.78 is 21.2. The average molecular weight is 348 g/mol. The molecule has 0 radical (unpaired) electrons. The van der Waals surface area contributed by atoms with Gasteiger partial charge in [0.25, 0.3) is 0 Å². The van der Waals surface area contributed by atoms with Crippen LogP contribution in [0.4, 0.5) is 0 Å². The third-order valence-corrected chi connectivity index (χ3v) is 5.83. The van der Waals surface area contributed by atoms with Gasteiger partial charge >= 0.3 is 0 Å². The van der Waals surface area contributed by atoms with Gasteiger partial charge in [0.2, 0.25) is 3.67 Å². The van der Waals surface area contributed by atoms with Crippen LogP contribution in [-0.2, 0) is 9.84 Å². The molecule has 90 valence electrons. The van der Waals surface area contributed by atoms with E-state index in [1.54, 1.807) is 24.3 Å². The number of hydrogen-bond donors (Lipinski definition) is 1. The van der Waals surface area contributed by atoms with Crippen molar-refractivity contribution in [1.82, 2.24) is 0 Å². The van der Waals surface area contributed by atoms with Crippen LogP contribution in [0.3, 0.4) is 0 Å². The van der Waals surface area contributed by atoms with Gasteiger partial charge in [0.1, 0.15) is 6.10 Å². The molecular formula is C9H9BrCl2O3S. The topological polar surface area (TPSA) is 54.4 Å². The van der Waals surface area contributed by atoms with Gasteiger partial charge in [-0.25, -0.2) is 8.42 Å². The summed E-state index contributed by atoms with van der Waals surface area (Å²) in [4.78, 5) is 0. The summed E-state index contributed by atoms with van der Waals surface area (Å²) in [5.74, 6) is 0. The van der Waals surface area contributed by atoms with E-state index in [1.807, 2.05) is 0 Å². The van der Waals surface area contributed by atoms with E-state index in [1.165, 1.54) is 0 Å². The van der Waals surface area contributed by atoms with Gasteiger partial charge < -0.3 is 5.11 Å². The molecule has 0 spiro atoms. The number of halogens is 3. The second kappa shape index (κ2) is 4.82. The highest BCUT2D eigenvalue weighted by Gasteiger charge is 2.44. The largest absolute Gasteiger partial charge is 0.384 e. The third kappa shape index (κ3) is 2.90. The Hall–Kier alpha value is 0.190. The summed E-state index contributed by atoms with van der Waals surface area (Å²) in [5.41, 5.74) is 0.332. The highest BCUT2D eigenvalue weighted by Crippen LogP contribution is 2.40. The van der Waals surface area contributed by atoms with Gasteiger partial charge in [-0.15, -0.1) is 0 Å². The summed E-state index contributed by atoms with van der Waals surface area (Å²) in [7, 11) is -3.79. The summed E-state index contributed by atoms with van der Waals surface area (Å²) in [6.07, 6.45) is -0.631. The predicted octanol–water partition coefficient (Wildman–Crippen LogP) is 2.66. The minimum absolute atomic E-state index is 0.332. The lowest BCUT2D eigenvalue weighted by molar-refractivity contribution is 0.181. The van der Waals surface area contributed by atoms with Crippen molar-refractivity contribution in [2.45, 2.75) is 9.77 Å². The molecule has 0 saturated carbocycles. The van der Waals surface area contributed by atoms with Crippen LogP contribution in [0.1, 0.15) is 11.7 Å². The standard InChI is InChI=1S/C9H9BrCl2O3S/c1-16(14,15)9(11,12)8(13)6-2-4-7(10)5-3-6/h2-5,8,13H,1H3/t8-/m0/s1. The molecule has 0 aliphatic heterocycles. The second-order valence-electron chi connectivity index (χ2n) is 3.29. The molecule has 1 aromatic rings. The lowest BCUT2D eigenvalue weighted by Crippen LogP contribution is -2.32. The molecule has 0 bridgehead atoms. The summed E-state index contributed by atoms with van der Waals surface area (Å²) in [5, 5.41) is 9.82. The normalized spacial score (nSPS) is 14.8. The summed E-state index contributed by atoms with van der Waals surface area (Å²) in [6.45, 7) is 0. The molecule has 0 aliphatic rings. The number of sulfone groups is 1. The van der Waals surface area contributed by atoms with Crippen LogP contribution in [0.25, 0.3) is 0 Å². The maximum atomic E-state index is 11.3. The molecule has 3 nitrogen and oxygen atoms in total. The molecular weight excluding hydrogens is 339 g/mol. The Kier molecular flexibility index (Phi) is 4.29. The molecule has 7 heteroatoms. The van der Waals surface area contributed by atoms with E-state index in [-0.39, 0.29) is 0 Å². The smallest absolute Gasteiger partial charge is 0.247 e. The Labute approximate surface area is 112 Å². The first-order valence-corrected chi connectivity index (χ1v) is 7.61. The number of hydrogen-bond acceptors (Lipinski definition) is 3. The van der Waals surface area contributed by atoms with E-state index < -0.39 is 19.6 Å². The Morgan fingerprint density at radius 2 is 1.75 bits per heavy atom. The molecule has 16 heavy (non-hydrogen) atoms. The highest BCUT2D eigenvalue weighted by atomic mass is 79.9. The van der Waals surface area contributed by atoms with Gasteiger partial charge in [-0.2, -0.15) is 0 Å². The quantitative estimate of drug-likeness (QED) is 0.855. The molecule has 1 aromatic carbocycles. The molecule has 0 amide bonds. The molecule has 1 N–H and O–H groups in total. The van der Waals surface area contributed by atoms with Crippen molar-refractivity contribution in [3.05, 3.63) is 34.3 Å². The zero-order chi connectivity index (χ0) is 12.6. The van der Waals surface area contributed by atoms with Crippen molar-refractivity contribution in [2.24, 2.45) is 0 Å². The van der Waals surface area contributed by atoms with Crippen molar-refractivity contribution in [1.29, 1.82) is 0 Å². The number of aliphatic hydroxyl groups is 1. The maximum Gasteiger partial charge on any atom is 0.247 e. The zero-order valence-corrected chi connectivity index (χ0v) is 12.1. The van der Waals surface area contributed by atoms with Crippen LogP contribution in [0.15, 0.2) is 28.7 Å². The fraction of sp³-hybridized carbons (Fsp3) is 0.333. The van der Waals surface area contributed by atoms with Gasteiger partial charge in [0.05, 0.1) is 0 Å². The van der Waals surface area contributed by atoms with Crippen LogP contribution < -0.4 is 0 Å². The molecule has 0 aromatic heterocycles. The molecule has 1 rings (SSSR count). The lowest BCUT2D eigenvalue weighted by Gasteiger charge is -2.24. The van der Waals surface area contributed by atoms with Crippen LogP contribution >= 0.6 is 39.1 Å². The van der Waals surface area contributed by atoms with Gasteiger partial charge in [-0.3, -0.25) is 0 Å². The number of aliphatic hydroxyl groups excluding tert-OH is 1. The summed E-state index contributed by atoms with van der Waals surface area (Å²) in [6, 6.07) is 6.40. The van der Waals surface area contributed by atoms with Gasteiger partial charge in [-0.1, -0.05) is 51.3 Å². The van der Waals surface area contributed by atoms with E-state index in [9.17, 15) is 13.5 Å². The molecule has 0 aliphatic carbocycles.